The molecule has 1 aliphatic rings. The molecule has 3 heterocycles. The molecule has 0 bridgehead atoms. The van der Waals surface area contributed by atoms with Crippen LogP contribution < -0.4 is 0 Å². The van der Waals surface area contributed by atoms with E-state index in [4.69, 9.17) is 4.42 Å². The summed E-state index contributed by atoms with van der Waals surface area (Å²) in [5.41, 5.74) is 2.82. The van der Waals surface area contributed by atoms with Gasteiger partial charge in [-0.1, -0.05) is 12.1 Å². The van der Waals surface area contributed by atoms with Crippen molar-refractivity contribution in [1.29, 1.82) is 0 Å². The van der Waals surface area contributed by atoms with Crippen LogP contribution in [-0.4, -0.2) is 58.4 Å². The Morgan fingerprint density at radius 2 is 2.11 bits per heavy atom. The number of aromatic nitrogens is 2. The van der Waals surface area contributed by atoms with Gasteiger partial charge in [-0.05, 0) is 35.8 Å². The van der Waals surface area contributed by atoms with Gasteiger partial charge in [0.2, 0.25) is 5.91 Å². The number of benzene rings is 1. The number of carbonyl (C=O) groups is 2. The van der Waals surface area contributed by atoms with Crippen molar-refractivity contribution in [2.24, 2.45) is 0 Å². The van der Waals surface area contributed by atoms with Crippen LogP contribution in [0, 0.1) is 0 Å². The maximum atomic E-state index is 12.6. The highest BCUT2D eigenvalue weighted by molar-refractivity contribution is 5.96. The lowest BCUT2D eigenvalue weighted by Gasteiger charge is -2.28. The van der Waals surface area contributed by atoms with Crippen LogP contribution in [0.1, 0.15) is 22.5 Å². The molecule has 1 aliphatic heterocycles. The first-order valence-electron chi connectivity index (χ1n) is 9.19. The summed E-state index contributed by atoms with van der Waals surface area (Å²) in [6.07, 6.45) is 8.10. The fraction of sp³-hybridized carbons (Fsp3) is 0.286. The second-order valence-corrected chi connectivity index (χ2v) is 7.13. The Balaban J connectivity index is 1.53. The summed E-state index contributed by atoms with van der Waals surface area (Å²) in [4.78, 5) is 32.1. The normalized spacial score (nSPS) is 14.2. The molecule has 7 nitrogen and oxygen atoms in total. The summed E-state index contributed by atoms with van der Waals surface area (Å²) in [5.74, 6) is 0.240. The van der Waals surface area contributed by atoms with Gasteiger partial charge in [-0.2, -0.15) is 0 Å². The topological polar surface area (TPSA) is 71.6 Å². The quantitative estimate of drug-likeness (QED) is 0.700. The Morgan fingerprint density at radius 3 is 2.86 bits per heavy atom. The van der Waals surface area contributed by atoms with Gasteiger partial charge in [0.1, 0.15) is 12.1 Å². The summed E-state index contributed by atoms with van der Waals surface area (Å²) in [5, 5.41) is 0.880. The molecule has 0 aliphatic carbocycles. The molecular formula is C21H22N4O3. The third-order valence-electron chi connectivity index (χ3n) is 4.88. The molecule has 3 aromatic rings. The lowest BCUT2D eigenvalue weighted by atomic mass is 10.00. The second-order valence-electron chi connectivity index (χ2n) is 7.13. The fourth-order valence-electron chi connectivity index (χ4n) is 3.37. The van der Waals surface area contributed by atoms with Crippen molar-refractivity contribution in [3.8, 4) is 0 Å². The van der Waals surface area contributed by atoms with Gasteiger partial charge in [0.25, 0.3) is 5.91 Å². The maximum absolute atomic E-state index is 12.6. The molecule has 7 heteroatoms. The van der Waals surface area contributed by atoms with Crippen LogP contribution in [0.3, 0.4) is 0 Å². The van der Waals surface area contributed by atoms with E-state index in [2.05, 4.69) is 11.1 Å². The molecule has 1 aromatic carbocycles. The van der Waals surface area contributed by atoms with Crippen LogP contribution in [0.4, 0.5) is 0 Å². The zero-order valence-corrected chi connectivity index (χ0v) is 16.0. The number of rotatable bonds is 4. The van der Waals surface area contributed by atoms with Crippen molar-refractivity contribution in [2.75, 3.05) is 27.2 Å². The smallest absolute Gasteiger partial charge is 0.289 e. The number of imidazole rings is 1. The number of amides is 2. The molecule has 0 saturated heterocycles. The number of fused-ring (bicyclic) bond motifs is 1. The van der Waals surface area contributed by atoms with Crippen molar-refractivity contribution in [1.82, 2.24) is 19.4 Å². The first-order valence-corrected chi connectivity index (χ1v) is 9.19. The number of hydrogen-bond acceptors (Lipinski definition) is 4. The van der Waals surface area contributed by atoms with Crippen LogP contribution in [0.2, 0.25) is 0 Å². The van der Waals surface area contributed by atoms with Crippen molar-refractivity contribution in [3.05, 3.63) is 60.4 Å². The van der Waals surface area contributed by atoms with Crippen molar-refractivity contribution >= 4 is 28.4 Å². The van der Waals surface area contributed by atoms with Gasteiger partial charge >= 0.3 is 0 Å². The highest BCUT2D eigenvalue weighted by atomic mass is 16.3. The van der Waals surface area contributed by atoms with Gasteiger partial charge in [0.05, 0.1) is 6.33 Å². The minimum Gasteiger partial charge on any atom is -0.451 e. The molecule has 0 radical (unpaired) electrons. The Kier molecular flexibility index (Phi) is 4.73. The maximum Gasteiger partial charge on any atom is 0.289 e. The number of furan rings is 1. The molecule has 0 fully saturated rings. The van der Waals surface area contributed by atoms with Crippen LogP contribution >= 0.6 is 0 Å². The largest absolute Gasteiger partial charge is 0.451 e. The number of carbonyl (C=O) groups excluding carboxylic acids is 2. The highest BCUT2D eigenvalue weighted by Crippen LogP contribution is 2.27. The van der Waals surface area contributed by atoms with E-state index in [1.54, 1.807) is 43.4 Å². The predicted octanol–water partition coefficient (Wildman–Crippen LogP) is 2.65. The van der Waals surface area contributed by atoms with Gasteiger partial charge in [-0.15, -0.1) is 0 Å². The van der Waals surface area contributed by atoms with E-state index in [-0.39, 0.29) is 11.8 Å². The average Bonchev–Trinajstić information content (AvgIpc) is 3.36. The Hall–Kier alpha value is -3.35. The summed E-state index contributed by atoms with van der Waals surface area (Å²) < 4.78 is 7.45. The third-order valence-corrected chi connectivity index (χ3v) is 4.88. The zero-order chi connectivity index (χ0) is 19.7. The third kappa shape index (κ3) is 3.55. The predicted molar refractivity (Wildman–Crippen MR) is 106 cm³/mol. The lowest BCUT2D eigenvalue weighted by molar-refractivity contribution is -0.131. The van der Waals surface area contributed by atoms with E-state index in [1.165, 1.54) is 4.90 Å². The summed E-state index contributed by atoms with van der Waals surface area (Å²) in [6, 6.07) is 7.64. The molecular weight excluding hydrogens is 356 g/mol. The van der Waals surface area contributed by atoms with Gasteiger partial charge in [-0.25, -0.2) is 4.98 Å². The summed E-state index contributed by atoms with van der Waals surface area (Å²) >= 11 is 0. The molecule has 0 saturated carbocycles. The molecule has 28 heavy (non-hydrogen) atoms. The van der Waals surface area contributed by atoms with Crippen LogP contribution in [0.5, 0.6) is 0 Å². The molecule has 2 amide bonds. The lowest BCUT2D eigenvalue weighted by Crippen LogP contribution is -2.37. The molecule has 0 unspecified atom stereocenters. The second kappa shape index (κ2) is 7.34. The van der Waals surface area contributed by atoms with E-state index >= 15 is 0 Å². The minimum atomic E-state index is -0.161. The summed E-state index contributed by atoms with van der Waals surface area (Å²) in [7, 11) is 3.40. The molecule has 2 aromatic heterocycles. The Morgan fingerprint density at radius 1 is 1.25 bits per heavy atom. The Labute approximate surface area is 162 Å². The standard InChI is InChI=1S/C21H22N4O3/c1-23(2)21(27)19-11-17-10-15(5-6-18(17)28-19)16-4-3-8-25(12-16)20(26)13-24-9-7-22-14-24/h4-7,9-11,14H,3,8,12-13H2,1-2H3. The van der Waals surface area contributed by atoms with E-state index in [0.29, 0.717) is 31.0 Å². The molecule has 0 atom stereocenters. The SMILES string of the molecule is CN(C)C(=O)c1cc2cc(C3=CCCN(C(=O)Cn4ccnc4)C3)ccc2o1. The monoisotopic (exact) mass is 378 g/mol. The van der Waals surface area contributed by atoms with E-state index in [1.807, 2.05) is 23.1 Å². The number of nitrogens with zero attached hydrogens (tertiary/aromatic N) is 4. The van der Waals surface area contributed by atoms with Crippen LogP contribution in [0.25, 0.3) is 16.5 Å². The molecule has 0 spiro atoms. The van der Waals surface area contributed by atoms with Crippen molar-refractivity contribution in [2.45, 2.75) is 13.0 Å². The molecule has 0 N–H and O–H groups in total. The van der Waals surface area contributed by atoms with Crippen molar-refractivity contribution in [3.63, 3.8) is 0 Å². The van der Waals surface area contributed by atoms with E-state index < -0.39 is 0 Å². The van der Waals surface area contributed by atoms with Crippen LogP contribution in [0.15, 0.2) is 53.5 Å². The van der Waals surface area contributed by atoms with Gasteiger partial charge in [-0.3, -0.25) is 9.59 Å². The first-order chi connectivity index (χ1) is 13.5. The molecule has 144 valence electrons. The van der Waals surface area contributed by atoms with Gasteiger partial charge < -0.3 is 18.8 Å². The van der Waals surface area contributed by atoms with E-state index in [0.717, 1.165) is 22.9 Å². The minimum absolute atomic E-state index is 0.0758. The van der Waals surface area contributed by atoms with Gasteiger partial charge in [0, 0.05) is 45.0 Å². The average molecular weight is 378 g/mol. The zero-order valence-electron chi connectivity index (χ0n) is 16.0. The Bertz CT molecular complexity index is 1050. The number of hydrogen-bond donors (Lipinski definition) is 0. The van der Waals surface area contributed by atoms with Crippen LogP contribution in [-0.2, 0) is 11.3 Å². The van der Waals surface area contributed by atoms with E-state index in [9.17, 15) is 9.59 Å². The summed E-state index contributed by atoms with van der Waals surface area (Å²) in [6.45, 7) is 1.58. The van der Waals surface area contributed by atoms with Crippen molar-refractivity contribution < 1.29 is 14.0 Å². The fourth-order valence-corrected chi connectivity index (χ4v) is 3.37. The first kappa shape index (κ1) is 18.0. The highest BCUT2D eigenvalue weighted by Gasteiger charge is 2.20. The van der Waals surface area contributed by atoms with Gasteiger partial charge in [0.15, 0.2) is 5.76 Å². The molecule has 4 rings (SSSR count).